The topological polar surface area (TPSA) is 19.0 Å². The number of ether oxygens (including phenoxy) is 1. The van der Waals surface area contributed by atoms with Crippen LogP contribution in [0.2, 0.25) is 0 Å². The number of nitrogens with zero attached hydrogens (tertiary/aromatic N) is 3. The van der Waals surface area contributed by atoms with E-state index in [9.17, 15) is 0 Å². The molecule has 33 heavy (non-hydrogen) atoms. The van der Waals surface area contributed by atoms with Crippen LogP contribution < -0.4 is 0 Å². The van der Waals surface area contributed by atoms with Crippen LogP contribution in [0.15, 0.2) is 12.2 Å². The Morgan fingerprint density at radius 1 is 0.667 bits per heavy atom. The third kappa shape index (κ3) is 9.63. The van der Waals surface area contributed by atoms with Crippen LogP contribution >= 0.6 is 0 Å². The second-order valence-corrected chi connectivity index (χ2v) is 12.2. The SMILES string of the molecule is CC(C)C1C=CCN1C(C)C.CC(C)C1CCCN1C(C)C.CC(C)C1COCN1C(C)C. The molecule has 0 bridgehead atoms. The lowest BCUT2D eigenvalue weighted by Gasteiger charge is -2.30. The molecule has 4 nitrogen and oxygen atoms in total. The van der Waals surface area contributed by atoms with Crippen LogP contribution in [0.1, 0.15) is 95.9 Å². The van der Waals surface area contributed by atoms with Crippen molar-refractivity contribution in [3.63, 3.8) is 0 Å². The van der Waals surface area contributed by atoms with Crippen molar-refractivity contribution in [1.82, 2.24) is 14.7 Å². The number of likely N-dealkylation sites (tertiary alicyclic amines) is 1. The van der Waals surface area contributed by atoms with E-state index < -0.39 is 0 Å². The van der Waals surface area contributed by atoms with Gasteiger partial charge >= 0.3 is 0 Å². The first-order chi connectivity index (χ1) is 15.4. The fourth-order valence-electron chi connectivity index (χ4n) is 5.46. The van der Waals surface area contributed by atoms with Crippen LogP contribution in [0.4, 0.5) is 0 Å². The first-order valence-corrected chi connectivity index (χ1v) is 13.9. The molecule has 0 spiro atoms. The highest BCUT2D eigenvalue weighted by Crippen LogP contribution is 2.25. The summed E-state index contributed by atoms with van der Waals surface area (Å²) < 4.78 is 5.42. The zero-order valence-corrected chi connectivity index (χ0v) is 24.3. The van der Waals surface area contributed by atoms with E-state index in [1.807, 2.05) is 0 Å². The molecule has 3 rings (SSSR count). The third-order valence-electron chi connectivity index (χ3n) is 7.54. The minimum atomic E-state index is 0.616. The maximum Gasteiger partial charge on any atom is 0.0996 e. The van der Waals surface area contributed by atoms with Gasteiger partial charge in [0, 0.05) is 42.8 Å². The Morgan fingerprint density at radius 2 is 1.21 bits per heavy atom. The van der Waals surface area contributed by atoms with Crippen molar-refractivity contribution in [1.29, 1.82) is 0 Å². The summed E-state index contributed by atoms with van der Waals surface area (Å²) in [7, 11) is 0. The van der Waals surface area contributed by atoms with Gasteiger partial charge in [0.1, 0.15) is 0 Å². The molecule has 0 aliphatic carbocycles. The largest absolute Gasteiger partial charge is 0.364 e. The molecule has 0 saturated carbocycles. The van der Waals surface area contributed by atoms with Gasteiger partial charge in [0.05, 0.1) is 13.3 Å². The molecule has 3 atom stereocenters. The van der Waals surface area contributed by atoms with Gasteiger partial charge in [-0.15, -0.1) is 0 Å². The molecule has 196 valence electrons. The van der Waals surface area contributed by atoms with Gasteiger partial charge < -0.3 is 4.74 Å². The van der Waals surface area contributed by atoms with E-state index in [1.165, 1.54) is 19.4 Å². The van der Waals surface area contributed by atoms with Crippen molar-refractivity contribution in [2.24, 2.45) is 17.8 Å². The van der Waals surface area contributed by atoms with E-state index in [4.69, 9.17) is 4.74 Å². The van der Waals surface area contributed by atoms with Gasteiger partial charge in [0.15, 0.2) is 0 Å². The second kappa shape index (κ2) is 14.9. The molecule has 0 N–H and O–H groups in total. The molecule has 0 aromatic rings. The summed E-state index contributed by atoms with van der Waals surface area (Å²) in [6.07, 6.45) is 7.44. The lowest BCUT2D eigenvalue weighted by atomic mass is 10.0. The summed E-state index contributed by atoms with van der Waals surface area (Å²) in [5.41, 5.74) is 0. The average molecular weight is 466 g/mol. The molecule has 0 amide bonds. The molecule has 2 fully saturated rings. The van der Waals surface area contributed by atoms with E-state index >= 15 is 0 Å². The zero-order valence-electron chi connectivity index (χ0n) is 24.3. The summed E-state index contributed by atoms with van der Waals surface area (Å²) in [5.74, 6) is 2.29. The molecular formula is C29H59N3O. The summed E-state index contributed by atoms with van der Waals surface area (Å²) >= 11 is 0. The highest BCUT2D eigenvalue weighted by atomic mass is 16.5. The minimum absolute atomic E-state index is 0.616. The molecule has 4 heteroatoms. The summed E-state index contributed by atoms with van der Waals surface area (Å²) in [6.45, 7) is 31.6. The van der Waals surface area contributed by atoms with E-state index in [0.717, 1.165) is 43.8 Å². The number of hydrogen-bond donors (Lipinski definition) is 0. The smallest absolute Gasteiger partial charge is 0.0996 e. The van der Waals surface area contributed by atoms with Crippen LogP contribution in [0.5, 0.6) is 0 Å². The molecule has 3 heterocycles. The molecule has 3 aliphatic rings. The van der Waals surface area contributed by atoms with Gasteiger partial charge in [-0.1, -0.05) is 53.7 Å². The molecule has 2 saturated heterocycles. The van der Waals surface area contributed by atoms with Crippen molar-refractivity contribution in [3.8, 4) is 0 Å². The van der Waals surface area contributed by atoms with E-state index in [0.29, 0.717) is 30.1 Å². The lowest BCUT2D eigenvalue weighted by Crippen LogP contribution is -2.39. The van der Waals surface area contributed by atoms with E-state index in [-0.39, 0.29) is 0 Å². The van der Waals surface area contributed by atoms with Gasteiger partial charge in [0.25, 0.3) is 0 Å². The van der Waals surface area contributed by atoms with Gasteiger partial charge in [-0.2, -0.15) is 0 Å². The van der Waals surface area contributed by atoms with Crippen molar-refractivity contribution in [2.45, 2.75) is 132 Å². The Hall–Kier alpha value is -0.420. The Morgan fingerprint density at radius 3 is 1.58 bits per heavy atom. The van der Waals surface area contributed by atoms with Crippen molar-refractivity contribution >= 4 is 0 Å². The monoisotopic (exact) mass is 465 g/mol. The molecule has 3 aliphatic heterocycles. The third-order valence-corrected chi connectivity index (χ3v) is 7.54. The lowest BCUT2D eigenvalue weighted by molar-refractivity contribution is 0.112. The van der Waals surface area contributed by atoms with Crippen LogP contribution in [-0.4, -0.2) is 77.4 Å². The number of rotatable bonds is 6. The Kier molecular flexibility index (Phi) is 13.8. The van der Waals surface area contributed by atoms with Crippen LogP contribution in [-0.2, 0) is 4.74 Å². The van der Waals surface area contributed by atoms with Crippen LogP contribution in [0.25, 0.3) is 0 Å². The standard InChI is InChI=1S/C10H21N.C10H19N.C9H19NO/c2*1-8(2)10-6-5-7-11(10)9(3)4;1-7(2)9-5-11-6-10(9)8(3)4/h8-10H,5-7H2,1-4H3;5-6,8-10H,7H2,1-4H3;7-9H,5-6H2,1-4H3. The summed E-state index contributed by atoms with van der Waals surface area (Å²) in [5, 5.41) is 0. The highest BCUT2D eigenvalue weighted by Gasteiger charge is 2.29. The van der Waals surface area contributed by atoms with Crippen molar-refractivity contribution in [3.05, 3.63) is 12.2 Å². The maximum atomic E-state index is 5.42. The molecule has 0 aromatic carbocycles. The average Bonchev–Trinajstić information content (AvgIpc) is 3.48. The van der Waals surface area contributed by atoms with Gasteiger partial charge in [-0.05, 0) is 78.7 Å². The van der Waals surface area contributed by atoms with Gasteiger partial charge in [0.2, 0.25) is 0 Å². The van der Waals surface area contributed by atoms with Crippen molar-refractivity contribution in [2.75, 3.05) is 26.4 Å². The summed E-state index contributed by atoms with van der Waals surface area (Å²) in [6, 6.07) is 4.20. The quantitative estimate of drug-likeness (QED) is 0.416. The second-order valence-electron chi connectivity index (χ2n) is 12.2. The van der Waals surface area contributed by atoms with Crippen LogP contribution in [0.3, 0.4) is 0 Å². The fraction of sp³-hybridized carbons (Fsp3) is 0.931. The first kappa shape index (κ1) is 30.6. The Labute approximate surface area is 208 Å². The Balaban J connectivity index is 0.000000247. The normalized spacial score (nSPS) is 26.8. The minimum Gasteiger partial charge on any atom is -0.364 e. The zero-order chi connectivity index (χ0) is 25.3. The molecule has 0 aromatic heterocycles. The number of hydrogen-bond acceptors (Lipinski definition) is 4. The van der Waals surface area contributed by atoms with Gasteiger partial charge in [-0.25, -0.2) is 0 Å². The fourth-order valence-corrected chi connectivity index (χ4v) is 5.46. The Bertz CT molecular complexity index is 472. The van der Waals surface area contributed by atoms with Crippen LogP contribution in [0, 0.1) is 17.8 Å². The summed E-state index contributed by atoms with van der Waals surface area (Å²) in [4.78, 5) is 7.60. The molecule has 3 unspecified atom stereocenters. The first-order valence-electron chi connectivity index (χ1n) is 13.9. The predicted molar refractivity (Wildman–Crippen MR) is 146 cm³/mol. The van der Waals surface area contributed by atoms with E-state index in [2.05, 4.69) is 110 Å². The van der Waals surface area contributed by atoms with Gasteiger partial charge in [-0.3, -0.25) is 14.7 Å². The van der Waals surface area contributed by atoms with Crippen molar-refractivity contribution < 1.29 is 4.74 Å². The predicted octanol–water partition coefficient (Wildman–Crippen LogP) is 6.52. The molecular weight excluding hydrogens is 406 g/mol. The molecule has 0 radical (unpaired) electrons. The maximum absolute atomic E-state index is 5.42. The van der Waals surface area contributed by atoms with E-state index in [1.54, 1.807) is 0 Å². The highest BCUT2D eigenvalue weighted by molar-refractivity contribution is 5.05.